The van der Waals surface area contributed by atoms with E-state index in [1.54, 1.807) is 18.3 Å². The Morgan fingerprint density at radius 3 is 2.62 bits per heavy atom. The highest BCUT2D eigenvalue weighted by atomic mass is 35.5. The zero-order chi connectivity index (χ0) is 15.4. The topological polar surface area (TPSA) is 72.4 Å². The molecule has 1 aromatic heterocycles. The van der Waals surface area contributed by atoms with Crippen molar-refractivity contribution in [3.8, 4) is 11.3 Å². The van der Waals surface area contributed by atoms with Crippen molar-refractivity contribution in [1.29, 1.82) is 0 Å². The molecule has 1 amide bonds. The fourth-order valence-corrected chi connectivity index (χ4v) is 2.05. The number of carbonyl (C=O) groups is 1. The molecule has 1 aromatic carbocycles. The number of rotatable bonds is 6. The molecule has 2 N–H and O–H groups in total. The number of amides is 1. The quantitative estimate of drug-likeness (QED) is 0.890. The van der Waals surface area contributed by atoms with E-state index in [4.69, 9.17) is 21.8 Å². The van der Waals surface area contributed by atoms with Crippen molar-refractivity contribution in [2.45, 2.75) is 26.4 Å². The van der Waals surface area contributed by atoms with Gasteiger partial charge in [0.1, 0.15) is 0 Å². The summed E-state index contributed by atoms with van der Waals surface area (Å²) in [6.45, 7) is 4.60. The Morgan fingerprint density at radius 2 is 2.05 bits per heavy atom. The molecule has 112 valence electrons. The van der Waals surface area contributed by atoms with Gasteiger partial charge in [0, 0.05) is 16.6 Å². The summed E-state index contributed by atoms with van der Waals surface area (Å²) in [7, 11) is 0. The number of hydrogen-bond donors (Lipinski definition) is 1. The number of nitrogens with zero attached hydrogens (tertiary/aromatic N) is 2. The van der Waals surface area contributed by atoms with E-state index in [0.717, 1.165) is 5.56 Å². The summed E-state index contributed by atoms with van der Waals surface area (Å²) in [5.41, 5.74) is 6.16. The molecule has 0 aliphatic heterocycles. The summed E-state index contributed by atoms with van der Waals surface area (Å²) in [5, 5.41) is 0.672. The van der Waals surface area contributed by atoms with Crippen LogP contribution in [0.3, 0.4) is 0 Å². The molecule has 0 saturated heterocycles. The molecule has 0 saturated carbocycles. The van der Waals surface area contributed by atoms with E-state index >= 15 is 0 Å². The van der Waals surface area contributed by atoms with Crippen molar-refractivity contribution in [3.63, 3.8) is 0 Å². The Morgan fingerprint density at radius 1 is 1.38 bits per heavy atom. The van der Waals surface area contributed by atoms with E-state index in [1.807, 2.05) is 30.9 Å². The third-order valence-electron chi connectivity index (χ3n) is 3.11. The molecular formula is C15H18ClN3O2. The highest BCUT2D eigenvalue weighted by Gasteiger charge is 2.16. The van der Waals surface area contributed by atoms with Crippen molar-refractivity contribution in [2.24, 2.45) is 5.73 Å². The molecule has 5 nitrogen and oxygen atoms in total. The Kier molecular flexibility index (Phi) is 4.98. The van der Waals surface area contributed by atoms with Gasteiger partial charge in [0.2, 0.25) is 11.8 Å². The van der Waals surface area contributed by atoms with Gasteiger partial charge in [0.15, 0.2) is 5.76 Å². The van der Waals surface area contributed by atoms with Crippen LogP contribution < -0.4 is 5.73 Å². The van der Waals surface area contributed by atoms with Crippen molar-refractivity contribution >= 4 is 17.5 Å². The first-order chi connectivity index (χ1) is 9.95. The number of benzene rings is 1. The summed E-state index contributed by atoms with van der Waals surface area (Å²) in [4.78, 5) is 17.2. The highest BCUT2D eigenvalue weighted by Crippen LogP contribution is 2.23. The summed E-state index contributed by atoms with van der Waals surface area (Å²) < 4.78 is 5.72. The summed E-state index contributed by atoms with van der Waals surface area (Å²) in [6.07, 6.45) is 1.67. The minimum absolute atomic E-state index is 0.170. The molecule has 0 aliphatic carbocycles. The van der Waals surface area contributed by atoms with Gasteiger partial charge in [-0.05, 0) is 38.1 Å². The van der Waals surface area contributed by atoms with Gasteiger partial charge in [-0.25, -0.2) is 4.98 Å². The predicted molar refractivity (Wildman–Crippen MR) is 81.7 cm³/mol. The zero-order valence-electron chi connectivity index (χ0n) is 12.0. The maximum absolute atomic E-state index is 11.1. The number of aromatic nitrogens is 1. The second-order valence-corrected chi connectivity index (χ2v) is 5.53. The number of oxazole rings is 1. The number of hydrogen-bond acceptors (Lipinski definition) is 4. The van der Waals surface area contributed by atoms with E-state index < -0.39 is 0 Å². The number of halogens is 1. The molecular weight excluding hydrogens is 290 g/mol. The monoisotopic (exact) mass is 307 g/mol. The largest absolute Gasteiger partial charge is 0.439 e. The van der Waals surface area contributed by atoms with Crippen LogP contribution in [0.25, 0.3) is 11.3 Å². The first-order valence-corrected chi connectivity index (χ1v) is 7.06. The van der Waals surface area contributed by atoms with E-state index in [-0.39, 0.29) is 18.5 Å². The van der Waals surface area contributed by atoms with Gasteiger partial charge in [0.05, 0.1) is 19.3 Å². The Hall–Kier alpha value is -1.85. The van der Waals surface area contributed by atoms with E-state index in [1.165, 1.54) is 0 Å². The zero-order valence-corrected chi connectivity index (χ0v) is 12.8. The van der Waals surface area contributed by atoms with Gasteiger partial charge in [-0.1, -0.05) is 11.6 Å². The molecule has 21 heavy (non-hydrogen) atoms. The lowest BCUT2D eigenvalue weighted by Crippen LogP contribution is -2.38. The lowest BCUT2D eigenvalue weighted by molar-refractivity contribution is -0.119. The van der Waals surface area contributed by atoms with Gasteiger partial charge in [0.25, 0.3) is 0 Å². The predicted octanol–water partition coefficient (Wildman–Crippen LogP) is 2.69. The van der Waals surface area contributed by atoms with Crippen LogP contribution in [-0.2, 0) is 11.3 Å². The van der Waals surface area contributed by atoms with Gasteiger partial charge in [-0.15, -0.1) is 0 Å². The van der Waals surface area contributed by atoms with Crippen LogP contribution in [0.5, 0.6) is 0 Å². The minimum atomic E-state index is -0.367. The molecule has 2 aromatic rings. The van der Waals surface area contributed by atoms with Crippen LogP contribution in [0.1, 0.15) is 19.7 Å². The third kappa shape index (κ3) is 4.31. The number of carbonyl (C=O) groups excluding carboxylic acids is 1. The van der Waals surface area contributed by atoms with Crippen molar-refractivity contribution in [3.05, 3.63) is 41.4 Å². The van der Waals surface area contributed by atoms with Gasteiger partial charge >= 0.3 is 0 Å². The molecule has 6 heteroatoms. The normalized spacial score (nSPS) is 11.3. The van der Waals surface area contributed by atoms with Crippen LogP contribution in [0.15, 0.2) is 34.9 Å². The maximum Gasteiger partial charge on any atom is 0.231 e. The second kappa shape index (κ2) is 6.74. The van der Waals surface area contributed by atoms with Crippen LogP contribution in [0.2, 0.25) is 5.02 Å². The SMILES string of the molecule is CC(C)N(CC(N)=O)Cc1ncc(-c2ccc(Cl)cc2)o1. The number of nitrogens with two attached hydrogens (primary N) is 1. The smallest absolute Gasteiger partial charge is 0.231 e. The molecule has 0 bridgehead atoms. The lowest BCUT2D eigenvalue weighted by atomic mass is 10.2. The van der Waals surface area contributed by atoms with Gasteiger partial charge < -0.3 is 10.2 Å². The van der Waals surface area contributed by atoms with E-state index in [0.29, 0.717) is 23.2 Å². The van der Waals surface area contributed by atoms with E-state index in [2.05, 4.69) is 4.98 Å². The molecule has 0 radical (unpaired) electrons. The Bertz CT molecular complexity index is 608. The van der Waals surface area contributed by atoms with Gasteiger partial charge in [-0.3, -0.25) is 9.69 Å². The average Bonchev–Trinajstić information content (AvgIpc) is 2.87. The van der Waals surface area contributed by atoms with Crippen LogP contribution in [0.4, 0.5) is 0 Å². The fourth-order valence-electron chi connectivity index (χ4n) is 1.93. The van der Waals surface area contributed by atoms with Crippen molar-refractivity contribution in [1.82, 2.24) is 9.88 Å². The van der Waals surface area contributed by atoms with Crippen molar-refractivity contribution in [2.75, 3.05) is 6.54 Å². The Labute approximate surface area is 128 Å². The first kappa shape index (κ1) is 15.5. The van der Waals surface area contributed by atoms with E-state index in [9.17, 15) is 4.79 Å². The molecule has 0 spiro atoms. The standard InChI is InChI=1S/C15H18ClN3O2/c1-10(2)19(8-14(17)20)9-15-18-7-13(21-15)11-3-5-12(16)6-4-11/h3-7,10H,8-9H2,1-2H3,(H2,17,20). The van der Waals surface area contributed by atoms with Crippen LogP contribution in [-0.4, -0.2) is 28.4 Å². The molecule has 0 aliphatic rings. The number of primary amides is 1. The van der Waals surface area contributed by atoms with Crippen LogP contribution >= 0.6 is 11.6 Å². The molecule has 1 heterocycles. The molecule has 2 rings (SSSR count). The van der Waals surface area contributed by atoms with Gasteiger partial charge in [-0.2, -0.15) is 0 Å². The average molecular weight is 308 g/mol. The second-order valence-electron chi connectivity index (χ2n) is 5.09. The Balaban J connectivity index is 2.11. The molecule has 0 fully saturated rings. The summed E-state index contributed by atoms with van der Waals surface area (Å²) >= 11 is 5.86. The third-order valence-corrected chi connectivity index (χ3v) is 3.36. The van der Waals surface area contributed by atoms with Crippen LogP contribution in [0, 0.1) is 0 Å². The minimum Gasteiger partial charge on any atom is -0.439 e. The lowest BCUT2D eigenvalue weighted by Gasteiger charge is -2.23. The van der Waals surface area contributed by atoms with Crippen molar-refractivity contribution < 1.29 is 9.21 Å². The first-order valence-electron chi connectivity index (χ1n) is 6.68. The summed E-state index contributed by atoms with van der Waals surface area (Å²) in [6, 6.07) is 7.51. The molecule has 0 unspecified atom stereocenters. The summed E-state index contributed by atoms with van der Waals surface area (Å²) in [5.74, 6) is 0.854. The maximum atomic E-state index is 11.1. The fraction of sp³-hybridized carbons (Fsp3) is 0.333. The molecule has 0 atom stereocenters. The highest BCUT2D eigenvalue weighted by molar-refractivity contribution is 6.30.